The van der Waals surface area contributed by atoms with E-state index in [2.05, 4.69) is 0 Å². The molecule has 282 valence electrons. The summed E-state index contributed by atoms with van der Waals surface area (Å²) in [6.45, 7) is -2.10. The molecular formula is C36H36O17. The highest BCUT2D eigenvalue weighted by Gasteiger charge is 2.54. The summed E-state index contributed by atoms with van der Waals surface area (Å²) in [5, 5.41) is 83.4. The zero-order valence-corrected chi connectivity index (χ0v) is 27.8. The Morgan fingerprint density at radius 3 is 2.43 bits per heavy atom. The first kappa shape index (κ1) is 37.5. The van der Waals surface area contributed by atoms with Gasteiger partial charge < -0.3 is 73.7 Å². The predicted molar refractivity (Wildman–Crippen MR) is 180 cm³/mol. The van der Waals surface area contributed by atoms with Gasteiger partial charge in [0, 0.05) is 29.8 Å². The van der Waals surface area contributed by atoms with Gasteiger partial charge in [0.15, 0.2) is 34.9 Å². The van der Waals surface area contributed by atoms with Crippen molar-refractivity contribution in [3.05, 3.63) is 82.5 Å². The van der Waals surface area contributed by atoms with Gasteiger partial charge in [0.25, 0.3) is 0 Å². The van der Waals surface area contributed by atoms with Gasteiger partial charge in [-0.2, -0.15) is 0 Å². The Bertz CT molecular complexity index is 2030. The van der Waals surface area contributed by atoms with E-state index in [0.29, 0.717) is 11.1 Å². The maximum Gasteiger partial charge on any atom is 0.330 e. The minimum absolute atomic E-state index is 0.0101. The number of fused-ring (bicyclic) bond motifs is 1. The zero-order chi connectivity index (χ0) is 38.0. The summed E-state index contributed by atoms with van der Waals surface area (Å²) in [7, 11) is 1.36. The second kappa shape index (κ2) is 15.4. The van der Waals surface area contributed by atoms with Crippen LogP contribution in [0.1, 0.15) is 5.56 Å². The molecule has 2 saturated heterocycles. The summed E-state index contributed by atoms with van der Waals surface area (Å²) < 4.78 is 38.8. The molecule has 8 N–H and O–H groups in total. The van der Waals surface area contributed by atoms with Gasteiger partial charge in [-0.25, -0.2) is 4.79 Å². The van der Waals surface area contributed by atoms with Gasteiger partial charge in [0.2, 0.25) is 6.29 Å². The van der Waals surface area contributed by atoms with Crippen LogP contribution in [0.3, 0.4) is 0 Å². The molecule has 0 amide bonds. The number of carbonyl (C=O) groups is 1. The molecule has 53 heavy (non-hydrogen) atoms. The Morgan fingerprint density at radius 1 is 0.962 bits per heavy atom. The molecule has 2 aliphatic heterocycles. The van der Waals surface area contributed by atoms with Crippen molar-refractivity contribution in [3.8, 4) is 40.1 Å². The number of aliphatic hydroxyl groups excluding tert-OH is 4. The quantitative estimate of drug-likeness (QED) is 0.0768. The lowest BCUT2D eigenvalue weighted by molar-refractivity contribution is -0.318. The number of aliphatic hydroxyl groups is 5. The van der Waals surface area contributed by atoms with Crippen molar-refractivity contribution in [1.82, 2.24) is 0 Å². The summed E-state index contributed by atoms with van der Waals surface area (Å²) in [6, 6.07) is 13.6. The van der Waals surface area contributed by atoms with Crippen LogP contribution in [0.15, 0.2) is 76.0 Å². The minimum Gasteiger partial charge on any atom is -0.508 e. The number of hydrogen-bond donors (Lipinski definition) is 8. The number of phenols is 3. The molecule has 0 radical (unpaired) electrons. The normalized spacial score (nSPS) is 27.2. The maximum absolute atomic E-state index is 12.9. The van der Waals surface area contributed by atoms with Crippen LogP contribution in [0.4, 0.5) is 0 Å². The average molecular weight is 741 g/mol. The maximum atomic E-state index is 12.9. The molecule has 2 fully saturated rings. The van der Waals surface area contributed by atoms with Gasteiger partial charge in [-0.3, -0.25) is 4.79 Å². The molecule has 4 aromatic rings. The van der Waals surface area contributed by atoms with E-state index in [1.807, 2.05) is 0 Å². The number of esters is 1. The molecule has 2 aliphatic rings. The van der Waals surface area contributed by atoms with E-state index in [-0.39, 0.29) is 39.7 Å². The highest BCUT2D eigenvalue weighted by atomic mass is 16.8. The van der Waals surface area contributed by atoms with E-state index in [1.165, 1.54) is 61.7 Å². The Labute approximate surface area is 299 Å². The van der Waals surface area contributed by atoms with Gasteiger partial charge in [0.1, 0.15) is 65.0 Å². The van der Waals surface area contributed by atoms with Crippen LogP contribution < -0.4 is 14.9 Å². The zero-order valence-electron chi connectivity index (χ0n) is 27.8. The number of hydrogen-bond acceptors (Lipinski definition) is 17. The SMILES string of the molecule is COc1cc(/C=C/C(=O)OC[C@@]2(O)CO[C@@H](O[C@H]3[C@H](Oc4cc(O)c5c(=O)cc(-c6ccc(O)cc6)oc5c4)O[C@H](CO)[C@@H](O)[C@@H]3O)[C@@H]2O)ccc1O. The fourth-order valence-corrected chi connectivity index (χ4v) is 5.77. The Morgan fingerprint density at radius 2 is 1.72 bits per heavy atom. The molecular weight excluding hydrogens is 704 g/mol. The van der Waals surface area contributed by atoms with E-state index in [9.17, 15) is 50.4 Å². The molecule has 0 saturated carbocycles. The van der Waals surface area contributed by atoms with Crippen molar-refractivity contribution in [2.75, 3.05) is 26.9 Å². The number of rotatable bonds is 11. The average Bonchev–Trinajstić information content (AvgIpc) is 3.42. The third-order valence-corrected chi connectivity index (χ3v) is 8.69. The second-order valence-electron chi connectivity index (χ2n) is 12.4. The second-order valence-corrected chi connectivity index (χ2v) is 12.4. The van der Waals surface area contributed by atoms with Gasteiger partial charge in [0.05, 0.1) is 20.3 Å². The monoisotopic (exact) mass is 740 g/mol. The molecule has 0 aliphatic carbocycles. The number of ether oxygens (including phenoxy) is 6. The number of methoxy groups -OCH3 is 1. The van der Waals surface area contributed by atoms with E-state index >= 15 is 0 Å². The van der Waals surface area contributed by atoms with Crippen LogP contribution in [-0.4, -0.2) is 122 Å². The van der Waals surface area contributed by atoms with Crippen LogP contribution in [-0.2, 0) is 23.7 Å². The number of benzene rings is 3. The van der Waals surface area contributed by atoms with Crippen molar-refractivity contribution in [2.24, 2.45) is 0 Å². The highest BCUT2D eigenvalue weighted by molar-refractivity contribution is 5.87. The summed E-state index contributed by atoms with van der Waals surface area (Å²) >= 11 is 0. The summed E-state index contributed by atoms with van der Waals surface area (Å²) in [5.41, 5.74) is -1.96. The first-order valence-corrected chi connectivity index (χ1v) is 16.1. The molecule has 0 unspecified atom stereocenters. The van der Waals surface area contributed by atoms with Crippen LogP contribution in [0.2, 0.25) is 0 Å². The topological polar surface area (TPSA) is 264 Å². The Hall–Kier alpha value is -5.24. The van der Waals surface area contributed by atoms with Crippen LogP contribution in [0.5, 0.6) is 28.7 Å². The lowest BCUT2D eigenvalue weighted by Gasteiger charge is -2.42. The number of aromatic hydroxyl groups is 3. The third-order valence-electron chi connectivity index (χ3n) is 8.69. The summed E-state index contributed by atoms with van der Waals surface area (Å²) in [6.07, 6.45) is -9.42. The van der Waals surface area contributed by atoms with E-state index < -0.39 is 85.7 Å². The highest BCUT2D eigenvalue weighted by Crippen LogP contribution is 2.36. The van der Waals surface area contributed by atoms with Crippen molar-refractivity contribution in [2.45, 2.75) is 48.7 Å². The van der Waals surface area contributed by atoms with Crippen LogP contribution in [0, 0.1) is 0 Å². The van der Waals surface area contributed by atoms with E-state index in [1.54, 1.807) is 0 Å². The van der Waals surface area contributed by atoms with Gasteiger partial charge in [-0.15, -0.1) is 0 Å². The lowest BCUT2D eigenvalue weighted by Crippen LogP contribution is -2.62. The predicted octanol–water partition coefficient (Wildman–Crippen LogP) is 0.493. The van der Waals surface area contributed by atoms with Crippen molar-refractivity contribution >= 4 is 23.0 Å². The first-order valence-electron chi connectivity index (χ1n) is 16.1. The van der Waals surface area contributed by atoms with Gasteiger partial charge in [-0.1, -0.05) is 6.07 Å². The number of phenolic OH excluding ortho intramolecular Hbond substituents is 3. The smallest absolute Gasteiger partial charge is 0.330 e. The van der Waals surface area contributed by atoms with E-state index in [0.717, 1.165) is 18.2 Å². The van der Waals surface area contributed by atoms with Gasteiger partial charge >= 0.3 is 5.97 Å². The van der Waals surface area contributed by atoms with Crippen molar-refractivity contribution in [3.63, 3.8) is 0 Å². The molecule has 8 atom stereocenters. The molecule has 0 bridgehead atoms. The molecule has 1 aromatic heterocycles. The van der Waals surface area contributed by atoms with E-state index in [4.69, 9.17) is 32.8 Å². The van der Waals surface area contributed by atoms with Gasteiger partial charge in [-0.05, 0) is 48.0 Å². The molecule has 6 rings (SSSR count). The lowest BCUT2D eigenvalue weighted by atomic mass is 9.98. The Balaban J connectivity index is 1.17. The molecule has 3 aromatic carbocycles. The largest absolute Gasteiger partial charge is 0.508 e. The van der Waals surface area contributed by atoms with Crippen molar-refractivity contribution in [1.29, 1.82) is 0 Å². The minimum atomic E-state index is -2.18. The summed E-state index contributed by atoms with van der Waals surface area (Å²) in [5.74, 6) is -1.43. The summed E-state index contributed by atoms with van der Waals surface area (Å²) in [4.78, 5) is 25.3. The third kappa shape index (κ3) is 7.92. The van der Waals surface area contributed by atoms with Crippen LogP contribution in [0.25, 0.3) is 28.4 Å². The Kier molecular flexibility index (Phi) is 10.9. The molecule has 17 nitrogen and oxygen atoms in total. The molecule has 0 spiro atoms. The van der Waals surface area contributed by atoms with Crippen molar-refractivity contribution < 1.29 is 78.5 Å². The fraction of sp³-hybridized carbons (Fsp3) is 0.333. The standard InChI is InChI=1S/C36H36O17/c1-47-25-10-17(2-8-21(25)39)3-9-28(42)48-15-36(46)16-49-35(33(36)45)53-32-31(44)30(43)27(14-37)52-34(32)50-20-11-22(40)29-23(41)13-24(51-26(29)12-20)18-4-6-19(38)7-5-18/h2-13,27,30-35,37-40,43-46H,14-16H2,1H3/b9-3+/t27-,30-,31+,32-,33+,34-,35+,36-/m1/s1. The molecule has 3 heterocycles. The fourth-order valence-electron chi connectivity index (χ4n) is 5.77. The van der Waals surface area contributed by atoms with Crippen LogP contribution >= 0.6 is 0 Å². The number of carbonyl (C=O) groups excluding carboxylic acids is 1. The first-order chi connectivity index (χ1) is 25.3. The molecule has 17 heteroatoms.